The Hall–Kier alpha value is -0.570. The van der Waals surface area contributed by atoms with Crippen molar-refractivity contribution >= 4 is 11.6 Å². The van der Waals surface area contributed by atoms with E-state index in [4.69, 9.17) is 11.6 Å². The highest BCUT2D eigenvalue weighted by Crippen LogP contribution is 2.21. The molecule has 0 aromatic heterocycles. The third kappa shape index (κ3) is 4.48. The zero-order valence-electron chi connectivity index (χ0n) is 12.1. The Bertz CT molecular complexity index is 398. The largest absolute Gasteiger partial charge is 0.317 e. The monoisotopic (exact) mass is 280 g/mol. The maximum Gasteiger partial charge on any atom is 0.0408 e. The molecule has 0 aliphatic carbocycles. The lowest BCUT2D eigenvalue weighted by Crippen LogP contribution is -2.37. The van der Waals surface area contributed by atoms with Gasteiger partial charge in [0.25, 0.3) is 0 Å². The van der Waals surface area contributed by atoms with Crippen molar-refractivity contribution in [3.05, 3.63) is 34.3 Å². The molecule has 1 aliphatic heterocycles. The molecule has 1 aromatic rings. The highest BCUT2D eigenvalue weighted by molar-refractivity contribution is 6.30. The van der Waals surface area contributed by atoms with E-state index >= 15 is 0 Å². The molecule has 2 rings (SSSR count). The van der Waals surface area contributed by atoms with Crippen LogP contribution in [0.15, 0.2) is 18.2 Å². The first-order valence-corrected chi connectivity index (χ1v) is 7.75. The van der Waals surface area contributed by atoms with Gasteiger partial charge in [-0.2, -0.15) is 0 Å². The first-order chi connectivity index (χ1) is 9.19. The van der Waals surface area contributed by atoms with Crippen molar-refractivity contribution in [1.82, 2.24) is 10.2 Å². The van der Waals surface area contributed by atoms with Gasteiger partial charge in [0.1, 0.15) is 0 Å². The Morgan fingerprint density at radius 2 is 2.05 bits per heavy atom. The summed E-state index contributed by atoms with van der Waals surface area (Å²) in [5, 5.41) is 4.30. The lowest BCUT2D eigenvalue weighted by Gasteiger charge is -2.32. The van der Waals surface area contributed by atoms with Gasteiger partial charge in [0.15, 0.2) is 0 Å². The van der Waals surface area contributed by atoms with Crippen LogP contribution in [0.3, 0.4) is 0 Å². The molecule has 0 bridgehead atoms. The molecule has 0 atom stereocenters. The molecule has 1 N–H and O–H groups in total. The van der Waals surface area contributed by atoms with E-state index in [1.807, 2.05) is 6.07 Å². The van der Waals surface area contributed by atoms with Crippen molar-refractivity contribution in [1.29, 1.82) is 0 Å². The third-order valence-corrected chi connectivity index (χ3v) is 4.32. The van der Waals surface area contributed by atoms with E-state index in [2.05, 4.69) is 36.2 Å². The van der Waals surface area contributed by atoms with Crippen LogP contribution in [0.25, 0.3) is 0 Å². The fourth-order valence-corrected chi connectivity index (χ4v) is 3.00. The maximum atomic E-state index is 6.01. The number of hydrogen-bond acceptors (Lipinski definition) is 2. The van der Waals surface area contributed by atoms with Crippen LogP contribution in [-0.4, -0.2) is 31.1 Å². The topological polar surface area (TPSA) is 15.3 Å². The molecule has 1 aromatic carbocycles. The standard InChI is InChI=1S/C16H25ClN2/c1-3-18-11-14-6-8-19(9-7-14)12-15-4-5-16(17)10-13(15)2/h4-5,10,14,18H,3,6-9,11-12H2,1-2H3. The highest BCUT2D eigenvalue weighted by Gasteiger charge is 2.19. The van der Waals surface area contributed by atoms with Crippen LogP contribution < -0.4 is 5.32 Å². The molecule has 0 radical (unpaired) electrons. The first kappa shape index (κ1) is 14.8. The van der Waals surface area contributed by atoms with Crippen LogP contribution in [0.4, 0.5) is 0 Å². The van der Waals surface area contributed by atoms with E-state index < -0.39 is 0 Å². The van der Waals surface area contributed by atoms with Crippen LogP contribution in [0, 0.1) is 12.8 Å². The molecule has 0 saturated carbocycles. The molecular weight excluding hydrogens is 256 g/mol. The molecule has 1 aliphatic rings. The van der Waals surface area contributed by atoms with Crippen LogP contribution in [0.1, 0.15) is 30.9 Å². The van der Waals surface area contributed by atoms with Crippen molar-refractivity contribution in [3.63, 3.8) is 0 Å². The fourth-order valence-electron chi connectivity index (χ4n) is 2.77. The molecule has 106 valence electrons. The molecule has 3 heteroatoms. The summed E-state index contributed by atoms with van der Waals surface area (Å²) >= 11 is 6.01. The zero-order chi connectivity index (χ0) is 13.7. The molecule has 0 amide bonds. The molecule has 0 spiro atoms. The second-order valence-corrected chi connectivity index (χ2v) is 6.03. The van der Waals surface area contributed by atoms with Gasteiger partial charge < -0.3 is 5.32 Å². The van der Waals surface area contributed by atoms with Gasteiger partial charge in [0.2, 0.25) is 0 Å². The second kappa shape index (κ2) is 7.28. The minimum Gasteiger partial charge on any atom is -0.317 e. The second-order valence-electron chi connectivity index (χ2n) is 5.60. The van der Waals surface area contributed by atoms with Gasteiger partial charge in [0.05, 0.1) is 0 Å². The smallest absolute Gasteiger partial charge is 0.0408 e. The summed E-state index contributed by atoms with van der Waals surface area (Å²) in [7, 11) is 0. The molecular formula is C16H25ClN2. The summed E-state index contributed by atoms with van der Waals surface area (Å²) in [6.45, 7) is 10.1. The number of benzene rings is 1. The van der Waals surface area contributed by atoms with Crippen LogP contribution in [-0.2, 0) is 6.54 Å². The molecule has 19 heavy (non-hydrogen) atoms. The van der Waals surface area contributed by atoms with Gasteiger partial charge in [-0.3, -0.25) is 4.90 Å². The molecule has 1 heterocycles. The fraction of sp³-hybridized carbons (Fsp3) is 0.625. The van der Waals surface area contributed by atoms with Crippen LogP contribution >= 0.6 is 11.6 Å². The summed E-state index contributed by atoms with van der Waals surface area (Å²) < 4.78 is 0. The Kier molecular flexibility index (Phi) is 5.68. The van der Waals surface area contributed by atoms with Crippen molar-refractivity contribution in [3.8, 4) is 0 Å². The van der Waals surface area contributed by atoms with Gasteiger partial charge >= 0.3 is 0 Å². The Morgan fingerprint density at radius 1 is 1.32 bits per heavy atom. The van der Waals surface area contributed by atoms with Crippen molar-refractivity contribution in [2.45, 2.75) is 33.2 Å². The summed E-state index contributed by atoms with van der Waals surface area (Å²) in [5.74, 6) is 0.863. The van der Waals surface area contributed by atoms with Gasteiger partial charge in [-0.15, -0.1) is 0 Å². The van der Waals surface area contributed by atoms with E-state index in [1.165, 1.54) is 43.6 Å². The van der Waals surface area contributed by atoms with Gasteiger partial charge in [-0.05, 0) is 75.1 Å². The summed E-state index contributed by atoms with van der Waals surface area (Å²) in [6.07, 6.45) is 2.64. The minimum absolute atomic E-state index is 0.839. The zero-order valence-corrected chi connectivity index (χ0v) is 12.8. The average molecular weight is 281 g/mol. The number of piperidine rings is 1. The summed E-state index contributed by atoms with van der Waals surface area (Å²) in [5.41, 5.74) is 2.72. The molecule has 2 nitrogen and oxygen atoms in total. The number of aryl methyl sites for hydroxylation is 1. The van der Waals surface area contributed by atoms with Gasteiger partial charge in [-0.25, -0.2) is 0 Å². The van der Waals surface area contributed by atoms with Crippen LogP contribution in [0.5, 0.6) is 0 Å². The van der Waals surface area contributed by atoms with Gasteiger partial charge in [0, 0.05) is 11.6 Å². The Balaban J connectivity index is 1.82. The van der Waals surface area contributed by atoms with Crippen molar-refractivity contribution in [2.24, 2.45) is 5.92 Å². The van der Waals surface area contributed by atoms with E-state index in [-0.39, 0.29) is 0 Å². The number of likely N-dealkylation sites (tertiary alicyclic amines) is 1. The molecule has 0 unspecified atom stereocenters. The predicted molar refractivity (Wildman–Crippen MR) is 82.7 cm³/mol. The first-order valence-electron chi connectivity index (χ1n) is 7.37. The average Bonchev–Trinajstić information content (AvgIpc) is 2.41. The lowest BCUT2D eigenvalue weighted by molar-refractivity contribution is 0.175. The van der Waals surface area contributed by atoms with Crippen molar-refractivity contribution < 1.29 is 0 Å². The Labute approximate surface area is 122 Å². The third-order valence-electron chi connectivity index (χ3n) is 4.09. The number of nitrogens with zero attached hydrogens (tertiary/aromatic N) is 1. The van der Waals surface area contributed by atoms with Crippen LogP contribution in [0.2, 0.25) is 5.02 Å². The Morgan fingerprint density at radius 3 is 2.68 bits per heavy atom. The number of rotatable bonds is 5. The highest BCUT2D eigenvalue weighted by atomic mass is 35.5. The number of hydrogen-bond donors (Lipinski definition) is 1. The number of halogens is 1. The SMILES string of the molecule is CCNCC1CCN(Cc2ccc(Cl)cc2C)CC1. The quantitative estimate of drug-likeness (QED) is 0.888. The van der Waals surface area contributed by atoms with E-state index in [1.54, 1.807) is 0 Å². The molecule has 1 fully saturated rings. The summed E-state index contributed by atoms with van der Waals surface area (Å²) in [4.78, 5) is 2.57. The number of nitrogens with one attached hydrogen (secondary N) is 1. The molecule has 1 saturated heterocycles. The van der Waals surface area contributed by atoms with E-state index in [9.17, 15) is 0 Å². The normalized spacial score (nSPS) is 17.8. The minimum atomic E-state index is 0.839. The van der Waals surface area contributed by atoms with Crippen molar-refractivity contribution in [2.75, 3.05) is 26.2 Å². The lowest BCUT2D eigenvalue weighted by atomic mass is 9.96. The van der Waals surface area contributed by atoms with E-state index in [0.717, 1.165) is 24.0 Å². The van der Waals surface area contributed by atoms with Gasteiger partial charge in [-0.1, -0.05) is 24.6 Å². The predicted octanol–water partition coefficient (Wildman–Crippen LogP) is 3.47. The maximum absolute atomic E-state index is 6.01. The van der Waals surface area contributed by atoms with E-state index in [0.29, 0.717) is 0 Å². The summed E-state index contributed by atoms with van der Waals surface area (Å²) in [6, 6.07) is 6.24.